The van der Waals surface area contributed by atoms with Crippen molar-refractivity contribution in [3.8, 4) is 0 Å². The van der Waals surface area contributed by atoms with Crippen LogP contribution in [0.25, 0.3) is 10.2 Å². The minimum atomic E-state index is -3.60. The molecule has 1 aromatic heterocycles. The number of carbonyl (C=O) groups is 1. The number of fused-ring (bicyclic) bond motifs is 1. The van der Waals surface area contributed by atoms with Gasteiger partial charge in [0.2, 0.25) is 10.0 Å². The number of hydrogen-bond acceptors (Lipinski definition) is 6. The highest BCUT2D eigenvalue weighted by Crippen LogP contribution is 2.33. The molecule has 2 aromatic carbocycles. The standard InChI is InChI=1S/C27H38N4O3S2/c1-7-14-30(15-8-2)36(33,34)23-12-10-22(11-13-23)26(32)31(17-9-16-29(5)6)27-28-24-19-20(3)18-21(4)25(24)35-27/h10-13,18-19H,7-9,14-17H2,1-6H3. The van der Waals surface area contributed by atoms with E-state index in [0.29, 0.717) is 30.3 Å². The third-order valence-corrected chi connectivity index (χ3v) is 9.10. The van der Waals surface area contributed by atoms with Crippen LogP contribution in [-0.2, 0) is 10.0 Å². The first-order valence-electron chi connectivity index (χ1n) is 12.5. The molecule has 0 unspecified atom stereocenters. The first-order valence-corrected chi connectivity index (χ1v) is 14.8. The van der Waals surface area contributed by atoms with Crippen LogP contribution in [0.3, 0.4) is 0 Å². The summed E-state index contributed by atoms with van der Waals surface area (Å²) in [6.07, 6.45) is 2.29. The summed E-state index contributed by atoms with van der Waals surface area (Å²) in [5.74, 6) is -0.176. The number of carbonyl (C=O) groups excluding carboxylic acids is 1. The number of anilines is 1. The van der Waals surface area contributed by atoms with E-state index in [1.54, 1.807) is 29.2 Å². The van der Waals surface area contributed by atoms with Crippen molar-refractivity contribution >= 4 is 42.6 Å². The zero-order valence-corrected chi connectivity index (χ0v) is 23.9. The van der Waals surface area contributed by atoms with Crippen molar-refractivity contribution in [2.75, 3.05) is 45.2 Å². The van der Waals surface area contributed by atoms with Crippen LogP contribution in [0.4, 0.5) is 5.13 Å². The number of amides is 1. The summed E-state index contributed by atoms with van der Waals surface area (Å²) < 4.78 is 28.9. The van der Waals surface area contributed by atoms with Crippen LogP contribution in [0.1, 0.15) is 54.6 Å². The van der Waals surface area contributed by atoms with Crippen LogP contribution >= 0.6 is 11.3 Å². The average molecular weight is 531 g/mol. The van der Waals surface area contributed by atoms with Crippen LogP contribution in [0.15, 0.2) is 41.3 Å². The number of aryl methyl sites for hydroxylation is 2. The largest absolute Gasteiger partial charge is 0.309 e. The molecule has 0 aliphatic rings. The lowest BCUT2D eigenvalue weighted by molar-refractivity contribution is 0.0986. The smallest absolute Gasteiger partial charge is 0.260 e. The van der Waals surface area contributed by atoms with Crippen LogP contribution in [0.2, 0.25) is 0 Å². The maximum absolute atomic E-state index is 13.7. The van der Waals surface area contributed by atoms with Gasteiger partial charge in [0, 0.05) is 25.2 Å². The third kappa shape index (κ3) is 6.51. The average Bonchev–Trinajstić information content (AvgIpc) is 3.25. The molecule has 0 radical (unpaired) electrons. The summed E-state index contributed by atoms with van der Waals surface area (Å²) in [6, 6.07) is 10.5. The quantitative estimate of drug-likeness (QED) is 0.317. The Labute approximate surface area is 219 Å². The van der Waals surface area contributed by atoms with Crippen molar-refractivity contribution in [1.82, 2.24) is 14.2 Å². The molecule has 0 saturated carbocycles. The Morgan fingerprint density at radius 2 is 1.58 bits per heavy atom. The topological polar surface area (TPSA) is 73.8 Å². The van der Waals surface area contributed by atoms with Gasteiger partial charge in [0.15, 0.2) is 5.13 Å². The second-order valence-electron chi connectivity index (χ2n) is 9.47. The highest BCUT2D eigenvalue weighted by molar-refractivity contribution is 7.89. The van der Waals surface area contributed by atoms with Crippen molar-refractivity contribution < 1.29 is 13.2 Å². The number of sulfonamides is 1. The Hall–Kier alpha value is -2.33. The molecular formula is C27H38N4O3S2. The number of rotatable bonds is 12. The van der Waals surface area contributed by atoms with Crippen molar-refractivity contribution in [1.29, 1.82) is 0 Å². The van der Waals surface area contributed by atoms with E-state index < -0.39 is 10.0 Å². The predicted octanol–water partition coefficient (Wildman–Crippen LogP) is 5.32. The molecule has 9 heteroatoms. The van der Waals surface area contributed by atoms with E-state index in [1.807, 2.05) is 40.9 Å². The molecule has 0 aliphatic heterocycles. The Morgan fingerprint density at radius 1 is 0.944 bits per heavy atom. The minimum absolute atomic E-state index is 0.176. The number of nitrogens with zero attached hydrogens (tertiary/aromatic N) is 4. The Morgan fingerprint density at radius 3 is 2.17 bits per heavy atom. The molecule has 1 amide bonds. The van der Waals surface area contributed by atoms with E-state index in [9.17, 15) is 13.2 Å². The lowest BCUT2D eigenvalue weighted by atomic mass is 10.1. The predicted molar refractivity (Wildman–Crippen MR) is 150 cm³/mol. The van der Waals surface area contributed by atoms with Gasteiger partial charge in [0.05, 0.1) is 15.1 Å². The van der Waals surface area contributed by atoms with Gasteiger partial charge in [-0.1, -0.05) is 31.3 Å². The van der Waals surface area contributed by atoms with Crippen molar-refractivity contribution in [2.24, 2.45) is 0 Å². The fourth-order valence-electron chi connectivity index (χ4n) is 4.23. The summed E-state index contributed by atoms with van der Waals surface area (Å²) in [5.41, 5.74) is 3.63. The number of hydrogen-bond donors (Lipinski definition) is 0. The Bertz CT molecular complexity index is 1280. The highest BCUT2D eigenvalue weighted by atomic mass is 32.2. The van der Waals surface area contributed by atoms with E-state index in [2.05, 4.69) is 17.9 Å². The molecule has 0 bridgehead atoms. The molecular weight excluding hydrogens is 492 g/mol. The second kappa shape index (κ2) is 12.3. The maximum Gasteiger partial charge on any atom is 0.260 e. The molecule has 3 aromatic rings. The van der Waals surface area contributed by atoms with Gasteiger partial charge in [-0.15, -0.1) is 0 Å². The van der Waals surface area contributed by atoms with Crippen LogP contribution < -0.4 is 4.90 Å². The van der Waals surface area contributed by atoms with Gasteiger partial charge in [-0.05, 0) is 95.2 Å². The van der Waals surface area contributed by atoms with Gasteiger partial charge in [0.1, 0.15) is 0 Å². The molecule has 1 heterocycles. The fraction of sp³-hybridized carbons (Fsp3) is 0.481. The normalized spacial score (nSPS) is 12.1. The first kappa shape index (κ1) is 28.2. The van der Waals surface area contributed by atoms with Gasteiger partial charge < -0.3 is 4.90 Å². The van der Waals surface area contributed by atoms with Crippen molar-refractivity contribution in [2.45, 2.75) is 51.9 Å². The number of benzene rings is 2. The molecule has 7 nitrogen and oxygen atoms in total. The van der Waals surface area contributed by atoms with E-state index in [0.717, 1.165) is 47.2 Å². The second-order valence-corrected chi connectivity index (χ2v) is 12.4. The van der Waals surface area contributed by atoms with E-state index in [1.165, 1.54) is 15.6 Å². The lowest BCUT2D eigenvalue weighted by Crippen LogP contribution is -2.34. The van der Waals surface area contributed by atoms with Crippen LogP contribution in [-0.4, -0.2) is 68.8 Å². The molecule has 3 rings (SSSR count). The molecule has 196 valence electrons. The van der Waals surface area contributed by atoms with Gasteiger partial charge in [-0.2, -0.15) is 4.31 Å². The first-order chi connectivity index (χ1) is 17.1. The van der Waals surface area contributed by atoms with Crippen LogP contribution in [0.5, 0.6) is 0 Å². The number of thiazole rings is 1. The monoisotopic (exact) mass is 530 g/mol. The Balaban J connectivity index is 1.93. The van der Waals surface area contributed by atoms with Crippen LogP contribution in [0, 0.1) is 13.8 Å². The van der Waals surface area contributed by atoms with E-state index in [4.69, 9.17) is 4.98 Å². The third-order valence-electron chi connectivity index (χ3n) is 5.96. The maximum atomic E-state index is 13.7. The van der Waals surface area contributed by atoms with Gasteiger partial charge in [-0.3, -0.25) is 9.69 Å². The molecule has 0 fully saturated rings. The zero-order chi connectivity index (χ0) is 26.5. The Kier molecular flexibility index (Phi) is 9.63. The highest BCUT2D eigenvalue weighted by Gasteiger charge is 2.25. The lowest BCUT2D eigenvalue weighted by Gasteiger charge is -2.22. The zero-order valence-electron chi connectivity index (χ0n) is 22.2. The summed E-state index contributed by atoms with van der Waals surface area (Å²) in [6.45, 7) is 10.4. The SMILES string of the molecule is CCCN(CCC)S(=O)(=O)c1ccc(C(=O)N(CCCN(C)C)c2nc3cc(C)cc(C)c3s2)cc1. The molecule has 36 heavy (non-hydrogen) atoms. The summed E-state index contributed by atoms with van der Waals surface area (Å²) in [7, 11) is 0.421. The van der Waals surface area contributed by atoms with E-state index in [-0.39, 0.29) is 10.8 Å². The molecule has 0 atom stereocenters. The molecule has 0 N–H and O–H groups in total. The molecule has 0 aliphatic carbocycles. The number of aromatic nitrogens is 1. The minimum Gasteiger partial charge on any atom is -0.309 e. The molecule has 0 spiro atoms. The van der Waals surface area contributed by atoms with E-state index >= 15 is 0 Å². The summed E-state index contributed by atoms with van der Waals surface area (Å²) in [5, 5.41) is 0.663. The van der Waals surface area contributed by atoms with Gasteiger partial charge in [0.25, 0.3) is 5.91 Å². The van der Waals surface area contributed by atoms with Crippen molar-refractivity contribution in [3.63, 3.8) is 0 Å². The molecule has 0 saturated heterocycles. The summed E-state index contributed by atoms with van der Waals surface area (Å²) >= 11 is 1.52. The van der Waals surface area contributed by atoms with Gasteiger partial charge in [-0.25, -0.2) is 13.4 Å². The van der Waals surface area contributed by atoms with Crippen molar-refractivity contribution in [3.05, 3.63) is 53.1 Å². The fourth-order valence-corrected chi connectivity index (χ4v) is 6.90. The summed E-state index contributed by atoms with van der Waals surface area (Å²) in [4.78, 5) is 22.5. The van der Waals surface area contributed by atoms with Gasteiger partial charge >= 0.3 is 0 Å².